The fourth-order valence-electron chi connectivity index (χ4n) is 3.51. The maximum atomic E-state index is 6.49. The molecular formula is C19H21Cl3N2. The Balaban J connectivity index is 1.94. The van der Waals surface area contributed by atoms with Gasteiger partial charge in [-0.05, 0) is 74.3 Å². The molecule has 3 rings (SSSR count). The predicted octanol–water partition coefficient (Wildman–Crippen LogP) is 5.82. The van der Waals surface area contributed by atoms with E-state index in [-0.39, 0.29) is 6.04 Å². The minimum absolute atomic E-state index is 0.254. The maximum Gasteiger partial charge on any atom is 0.0557 e. The second-order valence-corrected chi connectivity index (χ2v) is 7.59. The summed E-state index contributed by atoms with van der Waals surface area (Å²) >= 11 is 18.6. The van der Waals surface area contributed by atoms with Gasteiger partial charge in [-0.2, -0.15) is 0 Å². The molecule has 2 atom stereocenters. The van der Waals surface area contributed by atoms with Gasteiger partial charge in [0.05, 0.1) is 6.04 Å². The van der Waals surface area contributed by atoms with Crippen LogP contribution in [0.5, 0.6) is 0 Å². The largest absolute Gasteiger partial charge is 0.364 e. The first-order valence-corrected chi connectivity index (χ1v) is 9.33. The smallest absolute Gasteiger partial charge is 0.0557 e. The van der Waals surface area contributed by atoms with Crippen LogP contribution in [0.4, 0.5) is 5.69 Å². The molecule has 2 nitrogen and oxygen atoms in total. The Kier molecular flexibility index (Phi) is 5.93. The molecule has 2 aromatic rings. The van der Waals surface area contributed by atoms with E-state index in [9.17, 15) is 0 Å². The van der Waals surface area contributed by atoms with E-state index in [1.54, 1.807) is 0 Å². The van der Waals surface area contributed by atoms with Gasteiger partial charge in [-0.1, -0.05) is 40.9 Å². The summed E-state index contributed by atoms with van der Waals surface area (Å²) in [4.78, 5) is 2.44. The molecule has 1 aliphatic heterocycles. The summed E-state index contributed by atoms with van der Waals surface area (Å²) in [5.41, 5.74) is 2.31. The minimum atomic E-state index is 0.254. The van der Waals surface area contributed by atoms with E-state index in [0.717, 1.165) is 35.1 Å². The maximum absolute atomic E-state index is 6.49. The average Bonchev–Trinajstić information content (AvgIpc) is 2.56. The molecule has 0 aliphatic carbocycles. The second kappa shape index (κ2) is 7.97. The standard InChI is InChI=1S/C19H21Cl3N2/c1-23-11-13-2-9-19(17-8-5-15(21)10-18(17)22)24(12-13)16-6-3-14(20)4-7-16/h3-8,10,13,19,23H,2,9,11-12H2,1H3. The number of nitrogens with one attached hydrogen (secondary N) is 1. The highest BCUT2D eigenvalue weighted by atomic mass is 35.5. The van der Waals surface area contributed by atoms with Crippen LogP contribution >= 0.6 is 34.8 Å². The number of halogens is 3. The van der Waals surface area contributed by atoms with E-state index in [0.29, 0.717) is 10.9 Å². The number of benzene rings is 2. The van der Waals surface area contributed by atoms with Crippen LogP contribution in [0, 0.1) is 5.92 Å². The zero-order valence-electron chi connectivity index (χ0n) is 13.6. The van der Waals surface area contributed by atoms with Gasteiger partial charge in [0, 0.05) is 27.3 Å². The summed E-state index contributed by atoms with van der Waals surface area (Å²) in [5.74, 6) is 0.619. The van der Waals surface area contributed by atoms with Crippen LogP contribution in [0.3, 0.4) is 0 Å². The molecule has 0 radical (unpaired) electrons. The summed E-state index contributed by atoms with van der Waals surface area (Å²) in [5, 5.41) is 5.46. The van der Waals surface area contributed by atoms with Gasteiger partial charge in [0.2, 0.25) is 0 Å². The van der Waals surface area contributed by atoms with Gasteiger partial charge < -0.3 is 10.2 Å². The van der Waals surface area contributed by atoms with Gasteiger partial charge in [0.1, 0.15) is 0 Å². The Hall–Kier alpha value is -0.930. The van der Waals surface area contributed by atoms with Crippen molar-refractivity contribution in [1.29, 1.82) is 0 Å². The van der Waals surface area contributed by atoms with Crippen molar-refractivity contribution in [2.45, 2.75) is 18.9 Å². The van der Waals surface area contributed by atoms with E-state index in [1.165, 1.54) is 12.1 Å². The molecule has 1 fully saturated rings. The molecule has 1 aliphatic rings. The summed E-state index contributed by atoms with van der Waals surface area (Å²) in [6.07, 6.45) is 2.24. The van der Waals surface area contributed by atoms with E-state index >= 15 is 0 Å². The number of rotatable bonds is 4. The summed E-state index contributed by atoms with van der Waals surface area (Å²) in [6, 6.07) is 14.1. The highest BCUT2D eigenvalue weighted by Crippen LogP contribution is 2.40. The average molecular weight is 384 g/mol. The lowest BCUT2D eigenvalue weighted by Crippen LogP contribution is -2.41. The first-order chi connectivity index (χ1) is 11.6. The quantitative estimate of drug-likeness (QED) is 0.715. The highest BCUT2D eigenvalue weighted by molar-refractivity contribution is 6.35. The van der Waals surface area contributed by atoms with Crippen molar-refractivity contribution in [3.05, 3.63) is 63.1 Å². The molecule has 1 saturated heterocycles. The van der Waals surface area contributed by atoms with Crippen LogP contribution in [0.25, 0.3) is 0 Å². The predicted molar refractivity (Wildman–Crippen MR) is 105 cm³/mol. The van der Waals surface area contributed by atoms with Gasteiger partial charge in [0.25, 0.3) is 0 Å². The molecule has 0 bridgehead atoms. The Labute approximate surface area is 158 Å². The van der Waals surface area contributed by atoms with Gasteiger partial charge in [-0.15, -0.1) is 0 Å². The molecule has 1 heterocycles. The zero-order chi connectivity index (χ0) is 17.1. The molecule has 0 spiro atoms. The highest BCUT2D eigenvalue weighted by Gasteiger charge is 2.30. The van der Waals surface area contributed by atoms with Crippen molar-refractivity contribution in [2.75, 3.05) is 25.0 Å². The lowest BCUT2D eigenvalue weighted by Gasteiger charge is -2.42. The SMILES string of the molecule is CNCC1CCC(c2ccc(Cl)cc2Cl)N(c2ccc(Cl)cc2)C1. The third-order valence-corrected chi connectivity index (χ3v) is 5.47. The molecule has 128 valence electrons. The van der Waals surface area contributed by atoms with Crippen molar-refractivity contribution < 1.29 is 0 Å². The fourth-order valence-corrected chi connectivity index (χ4v) is 4.17. The molecule has 24 heavy (non-hydrogen) atoms. The van der Waals surface area contributed by atoms with Gasteiger partial charge in [0.15, 0.2) is 0 Å². The molecule has 0 aromatic heterocycles. The minimum Gasteiger partial charge on any atom is -0.364 e. The molecule has 1 N–H and O–H groups in total. The van der Waals surface area contributed by atoms with Gasteiger partial charge in [-0.25, -0.2) is 0 Å². The molecule has 0 saturated carbocycles. The van der Waals surface area contributed by atoms with Gasteiger partial charge >= 0.3 is 0 Å². The molecule has 2 unspecified atom stereocenters. The van der Waals surface area contributed by atoms with Crippen molar-refractivity contribution in [2.24, 2.45) is 5.92 Å². The molecule has 2 aromatic carbocycles. The summed E-state index contributed by atoms with van der Waals surface area (Å²) < 4.78 is 0. The van der Waals surface area contributed by atoms with Crippen LogP contribution in [0.2, 0.25) is 15.1 Å². The lowest BCUT2D eigenvalue weighted by molar-refractivity contribution is 0.352. The Morgan fingerprint density at radius 2 is 1.71 bits per heavy atom. The van der Waals surface area contributed by atoms with E-state index in [4.69, 9.17) is 34.8 Å². The van der Waals surface area contributed by atoms with Crippen LogP contribution in [-0.2, 0) is 0 Å². The van der Waals surface area contributed by atoms with E-state index in [2.05, 4.69) is 28.4 Å². The number of anilines is 1. The lowest BCUT2D eigenvalue weighted by atomic mass is 9.88. The normalized spacial score (nSPS) is 21.1. The third kappa shape index (κ3) is 4.00. The van der Waals surface area contributed by atoms with E-state index < -0.39 is 0 Å². The fraction of sp³-hybridized carbons (Fsp3) is 0.368. The summed E-state index contributed by atoms with van der Waals surface area (Å²) in [7, 11) is 2.01. The van der Waals surface area contributed by atoms with Crippen LogP contribution in [0.1, 0.15) is 24.4 Å². The van der Waals surface area contributed by atoms with Crippen LogP contribution < -0.4 is 10.2 Å². The monoisotopic (exact) mass is 382 g/mol. The van der Waals surface area contributed by atoms with Gasteiger partial charge in [-0.3, -0.25) is 0 Å². The number of hydrogen-bond acceptors (Lipinski definition) is 2. The molecule has 5 heteroatoms. The first-order valence-electron chi connectivity index (χ1n) is 8.20. The number of nitrogens with zero attached hydrogens (tertiary/aromatic N) is 1. The Bertz CT molecular complexity index is 688. The van der Waals surface area contributed by atoms with E-state index in [1.807, 2.05) is 31.3 Å². The van der Waals surface area contributed by atoms with Crippen molar-refractivity contribution in [3.63, 3.8) is 0 Å². The van der Waals surface area contributed by atoms with Crippen LogP contribution in [0.15, 0.2) is 42.5 Å². The third-order valence-electron chi connectivity index (χ3n) is 4.65. The number of hydrogen-bond donors (Lipinski definition) is 1. The van der Waals surface area contributed by atoms with Crippen molar-refractivity contribution in [3.8, 4) is 0 Å². The number of piperidine rings is 1. The Morgan fingerprint density at radius 3 is 2.38 bits per heavy atom. The topological polar surface area (TPSA) is 15.3 Å². The van der Waals surface area contributed by atoms with Crippen LogP contribution in [-0.4, -0.2) is 20.1 Å². The first kappa shape index (κ1) is 17.9. The van der Waals surface area contributed by atoms with Crippen molar-refractivity contribution in [1.82, 2.24) is 5.32 Å². The zero-order valence-corrected chi connectivity index (χ0v) is 15.9. The summed E-state index contributed by atoms with van der Waals surface area (Å²) in [6.45, 7) is 2.01. The second-order valence-electron chi connectivity index (χ2n) is 6.31. The van der Waals surface area contributed by atoms with Crippen molar-refractivity contribution >= 4 is 40.5 Å². The Morgan fingerprint density at radius 1 is 1.00 bits per heavy atom. The molecular weight excluding hydrogens is 363 g/mol. The molecule has 0 amide bonds.